The van der Waals surface area contributed by atoms with Crippen LogP contribution in [-0.2, 0) is 0 Å². The van der Waals surface area contributed by atoms with Crippen molar-refractivity contribution in [3.05, 3.63) is 113 Å². The van der Waals surface area contributed by atoms with Crippen molar-refractivity contribution in [3.8, 4) is 5.69 Å². The SMILES string of the molecule is Cc1cccc(-n2cccc2[C@@H]2[C@H](c3ccccn3)NC(=S)N2c2ccc(C)c(C)c2)c1. The van der Waals surface area contributed by atoms with E-state index in [1.807, 2.05) is 18.3 Å². The Balaban J connectivity index is 1.68. The van der Waals surface area contributed by atoms with Crippen LogP contribution in [-0.4, -0.2) is 14.7 Å². The number of aryl methyl sites for hydroxylation is 3. The number of benzene rings is 2. The number of rotatable bonds is 4. The highest BCUT2D eigenvalue weighted by atomic mass is 32.1. The van der Waals surface area contributed by atoms with Gasteiger partial charge in [-0.25, -0.2) is 0 Å². The van der Waals surface area contributed by atoms with Crippen LogP contribution in [0.1, 0.15) is 40.2 Å². The highest BCUT2D eigenvalue weighted by molar-refractivity contribution is 7.80. The molecule has 32 heavy (non-hydrogen) atoms. The number of anilines is 1. The van der Waals surface area contributed by atoms with Gasteiger partial charge in [0.05, 0.1) is 11.7 Å². The number of hydrogen-bond donors (Lipinski definition) is 1. The van der Waals surface area contributed by atoms with Gasteiger partial charge in [-0.15, -0.1) is 0 Å². The highest BCUT2D eigenvalue weighted by Crippen LogP contribution is 2.42. The maximum absolute atomic E-state index is 5.89. The van der Waals surface area contributed by atoms with E-state index in [0.29, 0.717) is 5.11 Å². The second-order valence-corrected chi connectivity index (χ2v) is 8.79. The summed E-state index contributed by atoms with van der Waals surface area (Å²) in [6.45, 7) is 6.40. The Morgan fingerprint density at radius 2 is 1.72 bits per heavy atom. The lowest BCUT2D eigenvalue weighted by Crippen LogP contribution is -2.30. The van der Waals surface area contributed by atoms with Crippen molar-refractivity contribution in [1.82, 2.24) is 14.9 Å². The van der Waals surface area contributed by atoms with Crippen LogP contribution in [0.5, 0.6) is 0 Å². The number of nitrogens with zero attached hydrogens (tertiary/aromatic N) is 3. The minimum Gasteiger partial charge on any atom is -0.351 e. The summed E-state index contributed by atoms with van der Waals surface area (Å²) in [6, 6.07) is 25.3. The summed E-state index contributed by atoms with van der Waals surface area (Å²) < 4.78 is 2.26. The molecule has 5 rings (SSSR count). The first kappa shape index (κ1) is 20.5. The number of aromatic nitrogens is 2. The standard InChI is InChI=1S/C27H26N4S/c1-18-8-6-9-21(16-18)30-15-7-11-24(30)26-25(23-10-4-5-14-28-23)29-27(32)31(26)22-13-12-19(2)20(3)17-22/h4-17,25-26H,1-3H3,(H,29,32)/t25-,26+/m0/s1. The quantitative estimate of drug-likeness (QED) is 0.398. The zero-order chi connectivity index (χ0) is 22.2. The fourth-order valence-corrected chi connectivity index (χ4v) is 4.80. The Morgan fingerprint density at radius 3 is 2.47 bits per heavy atom. The molecule has 2 atom stereocenters. The van der Waals surface area contributed by atoms with Crippen LogP contribution in [0.2, 0.25) is 0 Å². The molecule has 0 aliphatic carbocycles. The predicted octanol–water partition coefficient (Wildman–Crippen LogP) is 5.97. The molecule has 0 bridgehead atoms. The number of nitrogens with one attached hydrogen (secondary N) is 1. The van der Waals surface area contributed by atoms with Gasteiger partial charge in [0, 0.05) is 29.5 Å². The summed E-state index contributed by atoms with van der Waals surface area (Å²) in [6.07, 6.45) is 3.97. The Labute approximate surface area is 194 Å². The molecule has 0 amide bonds. The molecule has 1 saturated heterocycles. The van der Waals surface area contributed by atoms with Crippen LogP contribution in [0.15, 0.2) is 85.2 Å². The molecule has 1 fully saturated rings. The van der Waals surface area contributed by atoms with E-state index in [4.69, 9.17) is 12.2 Å². The topological polar surface area (TPSA) is 33.1 Å². The van der Waals surface area contributed by atoms with Gasteiger partial charge in [-0.3, -0.25) is 4.98 Å². The van der Waals surface area contributed by atoms with E-state index in [1.54, 1.807) is 0 Å². The smallest absolute Gasteiger partial charge is 0.174 e. The molecule has 160 valence electrons. The van der Waals surface area contributed by atoms with Gasteiger partial charge in [-0.1, -0.05) is 24.3 Å². The van der Waals surface area contributed by atoms with Gasteiger partial charge in [0.2, 0.25) is 0 Å². The zero-order valence-electron chi connectivity index (χ0n) is 18.5. The largest absolute Gasteiger partial charge is 0.351 e. The van der Waals surface area contributed by atoms with Crippen molar-refractivity contribution in [2.24, 2.45) is 0 Å². The van der Waals surface area contributed by atoms with Crippen LogP contribution >= 0.6 is 12.2 Å². The van der Waals surface area contributed by atoms with E-state index in [9.17, 15) is 0 Å². The summed E-state index contributed by atoms with van der Waals surface area (Å²) >= 11 is 5.89. The first-order valence-electron chi connectivity index (χ1n) is 10.8. The third-order valence-electron chi connectivity index (χ3n) is 6.23. The second kappa shape index (κ2) is 8.24. The number of hydrogen-bond acceptors (Lipinski definition) is 2. The van der Waals surface area contributed by atoms with Gasteiger partial charge >= 0.3 is 0 Å². The third-order valence-corrected chi connectivity index (χ3v) is 6.54. The fraction of sp³-hybridized carbons (Fsp3) is 0.185. The summed E-state index contributed by atoms with van der Waals surface area (Å²) in [7, 11) is 0. The molecule has 1 N–H and O–H groups in total. The Hall–Kier alpha value is -3.44. The van der Waals surface area contributed by atoms with Gasteiger partial charge in [0.25, 0.3) is 0 Å². The van der Waals surface area contributed by atoms with Crippen LogP contribution < -0.4 is 10.2 Å². The average molecular weight is 439 g/mol. The summed E-state index contributed by atoms with van der Waals surface area (Å²) in [5.41, 5.74) is 8.12. The molecule has 4 nitrogen and oxygen atoms in total. The molecule has 0 radical (unpaired) electrons. The molecule has 0 unspecified atom stereocenters. The van der Waals surface area contributed by atoms with Gasteiger partial charge < -0.3 is 14.8 Å². The number of thiocarbonyl (C=S) groups is 1. The van der Waals surface area contributed by atoms with Crippen molar-refractivity contribution < 1.29 is 0 Å². The summed E-state index contributed by atoms with van der Waals surface area (Å²) in [5.74, 6) is 0. The van der Waals surface area contributed by atoms with Crippen LogP contribution in [0.4, 0.5) is 5.69 Å². The molecular weight excluding hydrogens is 412 g/mol. The minimum atomic E-state index is -0.0660. The van der Waals surface area contributed by atoms with Crippen molar-refractivity contribution >= 4 is 23.0 Å². The third kappa shape index (κ3) is 3.59. The molecule has 1 aliphatic heterocycles. The monoisotopic (exact) mass is 438 g/mol. The molecule has 2 aromatic carbocycles. The van der Waals surface area contributed by atoms with Crippen LogP contribution in [0.25, 0.3) is 5.69 Å². The van der Waals surface area contributed by atoms with Crippen LogP contribution in [0, 0.1) is 20.8 Å². The van der Waals surface area contributed by atoms with E-state index in [1.165, 1.54) is 16.7 Å². The van der Waals surface area contributed by atoms with Crippen LogP contribution in [0.3, 0.4) is 0 Å². The van der Waals surface area contributed by atoms with Gasteiger partial charge in [-0.2, -0.15) is 0 Å². The first-order valence-corrected chi connectivity index (χ1v) is 11.3. The van der Waals surface area contributed by atoms with Gasteiger partial charge in [-0.05, 0) is 98.2 Å². The molecule has 5 heteroatoms. The molecule has 1 aliphatic rings. The lowest BCUT2D eigenvalue weighted by molar-refractivity contribution is 0.549. The predicted molar refractivity (Wildman–Crippen MR) is 134 cm³/mol. The van der Waals surface area contributed by atoms with Crippen molar-refractivity contribution in [3.63, 3.8) is 0 Å². The Morgan fingerprint density at radius 1 is 0.844 bits per heavy atom. The van der Waals surface area contributed by atoms with E-state index >= 15 is 0 Å². The van der Waals surface area contributed by atoms with Crippen molar-refractivity contribution in [2.75, 3.05) is 4.90 Å². The maximum Gasteiger partial charge on any atom is 0.174 e. The van der Waals surface area contributed by atoms with E-state index in [-0.39, 0.29) is 12.1 Å². The molecule has 0 spiro atoms. The van der Waals surface area contributed by atoms with E-state index < -0.39 is 0 Å². The average Bonchev–Trinajstić information content (AvgIpc) is 3.40. The minimum absolute atomic E-state index is 0.0463. The highest BCUT2D eigenvalue weighted by Gasteiger charge is 2.42. The Bertz CT molecular complexity index is 1280. The second-order valence-electron chi connectivity index (χ2n) is 8.41. The molecule has 2 aromatic heterocycles. The van der Waals surface area contributed by atoms with E-state index in [2.05, 4.69) is 107 Å². The Kier molecular flexibility index (Phi) is 5.27. The number of pyridine rings is 1. The van der Waals surface area contributed by atoms with E-state index in [0.717, 1.165) is 22.8 Å². The fourth-order valence-electron chi connectivity index (χ4n) is 4.46. The van der Waals surface area contributed by atoms with Gasteiger partial charge in [0.1, 0.15) is 6.04 Å². The first-order chi connectivity index (χ1) is 15.5. The molecule has 0 saturated carbocycles. The molecule has 4 aromatic rings. The summed E-state index contributed by atoms with van der Waals surface area (Å²) in [5, 5.41) is 4.28. The van der Waals surface area contributed by atoms with Crippen molar-refractivity contribution in [2.45, 2.75) is 32.9 Å². The summed E-state index contributed by atoms with van der Waals surface area (Å²) in [4.78, 5) is 6.91. The molecular formula is C27H26N4S. The van der Waals surface area contributed by atoms with Crippen molar-refractivity contribution in [1.29, 1.82) is 0 Å². The normalized spacial score (nSPS) is 18.1. The lowest BCUT2D eigenvalue weighted by Gasteiger charge is -2.29. The lowest BCUT2D eigenvalue weighted by atomic mass is 10.00. The van der Waals surface area contributed by atoms with Gasteiger partial charge in [0.15, 0.2) is 5.11 Å². The zero-order valence-corrected chi connectivity index (χ0v) is 19.3. The molecule has 3 heterocycles. The maximum atomic E-state index is 5.89.